The van der Waals surface area contributed by atoms with Gasteiger partial charge in [0.25, 0.3) is 0 Å². The molecule has 2 aliphatic rings. The van der Waals surface area contributed by atoms with E-state index in [0.717, 1.165) is 19.4 Å². The lowest BCUT2D eigenvalue weighted by atomic mass is 9.89. The summed E-state index contributed by atoms with van der Waals surface area (Å²) in [5.41, 5.74) is 2.59. The molecule has 0 saturated carbocycles. The first kappa shape index (κ1) is 14.3. The van der Waals surface area contributed by atoms with E-state index in [2.05, 4.69) is 42.5 Å². The third-order valence-corrected chi connectivity index (χ3v) is 4.04. The summed E-state index contributed by atoms with van der Waals surface area (Å²) in [6.07, 6.45) is 13.6. The van der Waals surface area contributed by atoms with Crippen LogP contribution in [0.25, 0.3) is 6.08 Å². The number of allylic oxidation sites excluding steroid dienone is 1. The summed E-state index contributed by atoms with van der Waals surface area (Å²) in [6, 6.07) is 10.3. The van der Waals surface area contributed by atoms with E-state index in [9.17, 15) is 0 Å². The minimum Gasteiger partial charge on any atom is -0.373 e. The van der Waals surface area contributed by atoms with E-state index >= 15 is 0 Å². The van der Waals surface area contributed by atoms with E-state index in [-0.39, 0.29) is 0 Å². The van der Waals surface area contributed by atoms with Crippen LogP contribution in [0.2, 0.25) is 0 Å². The van der Waals surface area contributed by atoms with Crippen LogP contribution in [0.15, 0.2) is 60.2 Å². The Morgan fingerprint density at radius 2 is 2.10 bits per heavy atom. The van der Waals surface area contributed by atoms with Gasteiger partial charge in [0, 0.05) is 5.92 Å². The van der Waals surface area contributed by atoms with Gasteiger partial charge in [-0.2, -0.15) is 0 Å². The molecule has 1 aliphatic carbocycles. The predicted molar refractivity (Wildman–Crippen MR) is 86.0 cm³/mol. The summed E-state index contributed by atoms with van der Waals surface area (Å²) in [5, 5.41) is 0. The molecule has 0 spiro atoms. The lowest BCUT2D eigenvalue weighted by Crippen LogP contribution is -2.17. The molecule has 0 aromatic heterocycles. The van der Waals surface area contributed by atoms with E-state index in [1.54, 1.807) is 0 Å². The molecule has 2 nitrogen and oxygen atoms in total. The maximum absolute atomic E-state index is 5.82. The second-order valence-electron chi connectivity index (χ2n) is 5.51. The van der Waals surface area contributed by atoms with E-state index in [4.69, 9.17) is 9.47 Å². The predicted octanol–water partition coefficient (Wildman–Crippen LogP) is 4.01. The monoisotopic (exact) mass is 282 g/mol. The molecule has 0 bridgehead atoms. The van der Waals surface area contributed by atoms with Gasteiger partial charge in [0.1, 0.15) is 0 Å². The summed E-state index contributed by atoms with van der Waals surface area (Å²) < 4.78 is 11.5. The molecule has 2 heteroatoms. The van der Waals surface area contributed by atoms with Crippen molar-refractivity contribution in [2.45, 2.75) is 18.9 Å². The second-order valence-corrected chi connectivity index (χ2v) is 5.51. The van der Waals surface area contributed by atoms with Gasteiger partial charge in [0.2, 0.25) is 0 Å². The molecule has 0 amide bonds. The van der Waals surface area contributed by atoms with Gasteiger partial charge in [-0.1, -0.05) is 60.7 Å². The van der Waals surface area contributed by atoms with Crippen molar-refractivity contribution >= 4 is 6.08 Å². The first-order valence-corrected chi connectivity index (χ1v) is 7.70. The van der Waals surface area contributed by atoms with Crippen LogP contribution in [0.4, 0.5) is 0 Å². The smallest absolute Gasteiger partial charge is 0.0688 e. The quantitative estimate of drug-likeness (QED) is 0.600. The number of hydrogen-bond donors (Lipinski definition) is 0. The van der Waals surface area contributed by atoms with Crippen molar-refractivity contribution in [3.8, 4) is 0 Å². The highest BCUT2D eigenvalue weighted by atomic mass is 16.5. The molecule has 1 saturated heterocycles. The van der Waals surface area contributed by atoms with Crippen molar-refractivity contribution in [1.82, 2.24) is 0 Å². The van der Waals surface area contributed by atoms with Gasteiger partial charge in [-0.05, 0) is 24.0 Å². The summed E-state index contributed by atoms with van der Waals surface area (Å²) in [5.74, 6) is 0.488. The van der Waals surface area contributed by atoms with Gasteiger partial charge in [0.15, 0.2) is 0 Å². The summed E-state index contributed by atoms with van der Waals surface area (Å²) in [4.78, 5) is 0. The Kier molecular flexibility index (Phi) is 5.03. The number of fused-ring (bicyclic) bond motifs is 1. The fraction of sp³-hybridized carbons (Fsp3) is 0.368. The molecule has 0 radical (unpaired) electrons. The molecule has 2 atom stereocenters. The van der Waals surface area contributed by atoms with Crippen molar-refractivity contribution < 1.29 is 9.47 Å². The van der Waals surface area contributed by atoms with E-state index in [1.165, 1.54) is 11.1 Å². The molecular formula is C19H22O2. The number of benzene rings is 1. The first-order chi connectivity index (χ1) is 10.4. The zero-order valence-corrected chi connectivity index (χ0v) is 12.3. The molecule has 0 N–H and O–H groups in total. The SMILES string of the molecule is C1=C[C@@H]2/C(=C/COC/C=C/c3ccccc3)CO[C@@H]2CC1. The molecule has 1 aromatic carbocycles. The van der Waals surface area contributed by atoms with Crippen LogP contribution < -0.4 is 0 Å². The zero-order chi connectivity index (χ0) is 14.3. The van der Waals surface area contributed by atoms with Gasteiger partial charge in [-0.3, -0.25) is 0 Å². The molecule has 1 heterocycles. The van der Waals surface area contributed by atoms with E-state index in [0.29, 0.717) is 25.2 Å². The maximum atomic E-state index is 5.82. The van der Waals surface area contributed by atoms with Gasteiger partial charge in [-0.25, -0.2) is 0 Å². The third-order valence-electron chi connectivity index (χ3n) is 4.04. The Hall–Kier alpha value is -1.64. The topological polar surface area (TPSA) is 18.5 Å². The highest BCUT2D eigenvalue weighted by Gasteiger charge is 2.31. The molecule has 110 valence electrons. The minimum absolute atomic E-state index is 0.402. The van der Waals surface area contributed by atoms with Crippen LogP contribution >= 0.6 is 0 Å². The Morgan fingerprint density at radius 3 is 3.00 bits per heavy atom. The Morgan fingerprint density at radius 1 is 1.19 bits per heavy atom. The Balaban J connectivity index is 1.42. The summed E-state index contributed by atoms with van der Waals surface area (Å²) >= 11 is 0. The highest BCUT2D eigenvalue weighted by Crippen LogP contribution is 2.33. The number of ether oxygens (including phenoxy) is 2. The van der Waals surface area contributed by atoms with Crippen molar-refractivity contribution in [2.75, 3.05) is 19.8 Å². The van der Waals surface area contributed by atoms with Gasteiger partial charge < -0.3 is 9.47 Å². The zero-order valence-electron chi connectivity index (χ0n) is 12.3. The molecule has 0 unspecified atom stereocenters. The normalized spacial score (nSPS) is 26.6. The summed E-state index contributed by atoms with van der Waals surface area (Å²) in [6.45, 7) is 2.07. The van der Waals surface area contributed by atoms with Gasteiger partial charge in [0.05, 0.1) is 25.9 Å². The fourth-order valence-electron chi connectivity index (χ4n) is 2.90. The molecule has 3 rings (SSSR count). The third kappa shape index (κ3) is 3.93. The molecule has 1 aromatic rings. The van der Waals surface area contributed by atoms with Gasteiger partial charge >= 0.3 is 0 Å². The lowest BCUT2D eigenvalue weighted by Gasteiger charge is -2.18. The van der Waals surface area contributed by atoms with E-state index in [1.807, 2.05) is 18.2 Å². The number of rotatable bonds is 5. The average Bonchev–Trinajstić information content (AvgIpc) is 2.95. The van der Waals surface area contributed by atoms with Gasteiger partial charge in [-0.15, -0.1) is 0 Å². The average molecular weight is 282 g/mol. The van der Waals surface area contributed by atoms with Crippen molar-refractivity contribution in [2.24, 2.45) is 5.92 Å². The van der Waals surface area contributed by atoms with Crippen LogP contribution in [0.1, 0.15) is 18.4 Å². The Bertz CT molecular complexity index is 528. The lowest BCUT2D eigenvalue weighted by molar-refractivity contribution is 0.0906. The largest absolute Gasteiger partial charge is 0.373 e. The van der Waals surface area contributed by atoms with Crippen LogP contribution in [0, 0.1) is 5.92 Å². The Labute approximate surface area is 126 Å². The highest BCUT2D eigenvalue weighted by molar-refractivity contribution is 5.48. The molecule has 1 fully saturated rings. The second kappa shape index (κ2) is 7.39. The van der Waals surface area contributed by atoms with Crippen molar-refractivity contribution in [3.05, 3.63) is 65.8 Å². The van der Waals surface area contributed by atoms with Crippen molar-refractivity contribution in [3.63, 3.8) is 0 Å². The van der Waals surface area contributed by atoms with Crippen LogP contribution in [0.5, 0.6) is 0 Å². The molecule has 1 aliphatic heterocycles. The van der Waals surface area contributed by atoms with Crippen LogP contribution in [-0.2, 0) is 9.47 Å². The van der Waals surface area contributed by atoms with Crippen LogP contribution in [0.3, 0.4) is 0 Å². The maximum Gasteiger partial charge on any atom is 0.0688 e. The standard InChI is InChI=1S/C19H22O2/c1-2-7-16(8-3-1)9-6-13-20-14-12-17-15-21-19-11-5-4-10-18(17)19/h1-4,6-10,12,18-19H,5,11,13-15H2/b9-6+,17-12+/t18-,19-/m1/s1. The summed E-state index contributed by atoms with van der Waals surface area (Å²) in [7, 11) is 0. The van der Waals surface area contributed by atoms with Crippen molar-refractivity contribution in [1.29, 1.82) is 0 Å². The molecular weight excluding hydrogens is 260 g/mol. The van der Waals surface area contributed by atoms with E-state index < -0.39 is 0 Å². The minimum atomic E-state index is 0.402. The number of hydrogen-bond acceptors (Lipinski definition) is 2. The molecule has 21 heavy (non-hydrogen) atoms. The van der Waals surface area contributed by atoms with Crippen LogP contribution in [-0.4, -0.2) is 25.9 Å². The fourth-order valence-corrected chi connectivity index (χ4v) is 2.90. The first-order valence-electron chi connectivity index (χ1n) is 7.70.